The number of thioether (sulfide) groups is 1. The number of carbonyl (C=O) groups is 1. The number of benzene rings is 2. The number of carbonyl (C=O) groups excluding carboxylic acids is 1. The maximum atomic E-state index is 12.7. The van der Waals surface area contributed by atoms with Gasteiger partial charge in [0.05, 0.1) is 16.8 Å². The smallest absolute Gasteiger partial charge is 0.277 e. The van der Waals surface area contributed by atoms with Crippen molar-refractivity contribution in [3.05, 3.63) is 93.0 Å². The van der Waals surface area contributed by atoms with E-state index in [9.17, 15) is 4.79 Å². The first-order valence-electron chi connectivity index (χ1n) is 9.80. The van der Waals surface area contributed by atoms with Crippen LogP contribution in [0.5, 0.6) is 5.75 Å². The number of para-hydroxylation sites is 1. The normalized spacial score (nSPS) is 11.8. The van der Waals surface area contributed by atoms with E-state index in [0.717, 1.165) is 10.4 Å². The van der Waals surface area contributed by atoms with Gasteiger partial charge in [0.1, 0.15) is 5.75 Å². The van der Waals surface area contributed by atoms with Crippen LogP contribution in [-0.4, -0.2) is 21.9 Å². The Hall–Kier alpha value is -2.81. The number of rotatable bonds is 9. The topological polar surface area (TPSA) is 77.2 Å². The average Bonchev–Trinajstić information content (AvgIpc) is 3.49. The fourth-order valence-electron chi connectivity index (χ4n) is 2.92. The van der Waals surface area contributed by atoms with Crippen molar-refractivity contribution in [3.8, 4) is 5.75 Å². The molecular formula is C23H20ClN3O3S2. The van der Waals surface area contributed by atoms with Crippen LogP contribution in [0, 0.1) is 6.92 Å². The summed E-state index contributed by atoms with van der Waals surface area (Å²) in [5.41, 5.74) is 2.21. The minimum atomic E-state index is -0.203. The van der Waals surface area contributed by atoms with Crippen molar-refractivity contribution in [1.82, 2.24) is 15.5 Å². The van der Waals surface area contributed by atoms with Crippen molar-refractivity contribution >= 4 is 40.6 Å². The van der Waals surface area contributed by atoms with Crippen LogP contribution in [0.15, 0.2) is 75.7 Å². The second-order valence-corrected chi connectivity index (χ2v) is 9.21. The molecule has 0 radical (unpaired) electrons. The van der Waals surface area contributed by atoms with Gasteiger partial charge in [-0.25, -0.2) is 0 Å². The largest absolute Gasteiger partial charge is 0.482 e. The molecule has 4 aromatic rings. The molecule has 9 heteroatoms. The van der Waals surface area contributed by atoms with Crippen molar-refractivity contribution in [1.29, 1.82) is 0 Å². The molecule has 6 nitrogen and oxygen atoms in total. The van der Waals surface area contributed by atoms with Crippen LogP contribution >= 0.6 is 34.7 Å². The zero-order valence-electron chi connectivity index (χ0n) is 17.2. The molecule has 164 valence electrons. The second kappa shape index (κ2) is 10.7. The maximum Gasteiger partial charge on any atom is 0.277 e. The molecular weight excluding hydrogens is 466 g/mol. The molecule has 0 bridgehead atoms. The van der Waals surface area contributed by atoms with Gasteiger partial charge < -0.3 is 14.5 Å². The average molecular weight is 486 g/mol. The molecule has 0 spiro atoms. The van der Waals surface area contributed by atoms with Crippen LogP contribution in [0.25, 0.3) is 0 Å². The van der Waals surface area contributed by atoms with Gasteiger partial charge in [-0.2, -0.15) is 0 Å². The molecule has 2 heterocycles. The highest BCUT2D eigenvalue weighted by molar-refractivity contribution is 7.99. The summed E-state index contributed by atoms with van der Waals surface area (Å²) in [6.07, 6.45) is 0. The van der Waals surface area contributed by atoms with E-state index in [1.165, 1.54) is 17.3 Å². The van der Waals surface area contributed by atoms with Gasteiger partial charge in [0.2, 0.25) is 5.91 Å². The number of aryl methyl sites for hydroxylation is 1. The third kappa shape index (κ3) is 5.91. The number of hydrogen-bond donors (Lipinski definition) is 1. The van der Waals surface area contributed by atoms with E-state index >= 15 is 0 Å². The summed E-state index contributed by atoms with van der Waals surface area (Å²) >= 11 is 8.86. The summed E-state index contributed by atoms with van der Waals surface area (Å²) in [5, 5.41) is 13.9. The lowest BCUT2D eigenvalue weighted by molar-refractivity contribution is -0.119. The van der Waals surface area contributed by atoms with Gasteiger partial charge in [-0.1, -0.05) is 71.4 Å². The Morgan fingerprint density at radius 2 is 1.97 bits per heavy atom. The van der Waals surface area contributed by atoms with Crippen molar-refractivity contribution < 1.29 is 13.9 Å². The molecule has 0 saturated carbocycles. The van der Waals surface area contributed by atoms with Gasteiger partial charge >= 0.3 is 0 Å². The van der Waals surface area contributed by atoms with Crippen molar-refractivity contribution in [3.63, 3.8) is 0 Å². The molecule has 0 aliphatic carbocycles. The van der Waals surface area contributed by atoms with E-state index in [0.29, 0.717) is 21.9 Å². The molecule has 1 N–H and O–H groups in total. The molecule has 0 aliphatic heterocycles. The molecule has 4 rings (SSSR count). The number of amides is 1. The Kier molecular flexibility index (Phi) is 7.47. The lowest BCUT2D eigenvalue weighted by atomic mass is 10.0. The van der Waals surface area contributed by atoms with Gasteiger partial charge in [0, 0.05) is 4.88 Å². The van der Waals surface area contributed by atoms with Gasteiger partial charge in [-0.05, 0) is 36.1 Å². The second-order valence-electron chi connectivity index (χ2n) is 6.90. The summed E-state index contributed by atoms with van der Waals surface area (Å²) in [6.45, 7) is 2.13. The van der Waals surface area contributed by atoms with Crippen molar-refractivity contribution in [2.24, 2.45) is 0 Å². The molecule has 0 aliphatic rings. The van der Waals surface area contributed by atoms with E-state index in [4.69, 9.17) is 20.8 Å². The van der Waals surface area contributed by atoms with Crippen LogP contribution in [0.3, 0.4) is 0 Å². The van der Waals surface area contributed by atoms with E-state index in [2.05, 4.69) is 15.5 Å². The minimum absolute atomic E-state index is 0.0946. The molecule has 0 saturated heterocycles. The predicted octanol–water partition coefficient (Wildman–Crippen LogP) is 5.67. The Morgan fingerprint density at radius 3 is 2.72 bits per heavy atom. The monoisotopic (exact) mass is 485 g/mol. The lowest BCUT2D eigenvalue weighted by Gasteiger charge is -2.18. The van der Waals surface area contributed by atoms with Gasteiger partial charge in [-0.15, -0.1) is 21.5 Å². The number of hydrogen-bond acceptors (Lipinski definition) is 7. The van der Waals surface area contributed by atoms with Crippen LogP contribution < -0.4 is 10.1 Å². The first-order chi connectivity index (χ1) is 15.6. The number of nitrogens with one attached hydrogen (secondary N) is 1. The van der Waals surface area contributed by atoms with Crippen LogP contribution in [0.4, 0.5) is 0 Å². The molecule has 1 atom stereocenters. The standard InChI is InChI=1S/C23H20ClN3O3S2/c1-15-8-10-16(11-9-15)22(19-7-4-12-31-19)25-20(28)14-32-23-27-26-21(30-23)13-29-18-6-3-2-5-17(18)24/h2-12,22H,13-14H2,1H3,(H,25,28). The van der Waals surface area contributed by atoms with Crippen molar-refractivity contribution in [2.75, 3.05) is 5.75 Å². The van der Waals surface area contributed by atoms with E-state index in [-0.39, 0.29) is 24.3 Å². The molecule has 2 aromatic carbocycles. The number of nitrogens with zero attached hydrogens (tertiary/aromatic N) is 2. The summed E-state index contributed by atoms with van der Waals surface area (Å²) in [7, 11) is 0. The van der Waals surface area contributed by atoms with Gasteiger partial charge in [0.15, 0.2) is 6.61 Å². The Morgan fingerprint density at radius 1 is 1.16 bits per heavy atom. The van der Waals surface area contributed by atoms with E-state index in [1.54, 1.807) is 23.5 Å². The molecule has 1 unspecified atom stereocenters. The molecule has 0 fully saturated rings. The zero-order valence-corrected chi connectivity index (χ0v) is 19.5. The number of thiophene rings is 1. The Balaban J connectivity index is 1.33. The fraction of sp³-hybridized carbons (Fsp3) is 0.174. The molecule has 1 amide bonds. The van der Waals surface area contributed by atoms with E-state index in [1.807, 2.05) is 60.8 Å². The lowest BCUT2D eigenvalue weighted by Crippen LogP contribution is -2.30. The highest BCUT2D eigenvalue weighted by Gasteiger charge is 2.19. The first kappa shape index (κ1) is 22.4. The quantitative estimate of drug-likeness (QED) is 0.308. The Labute approximate surface area is 199 Å². The number of halogens is 1. The van der Waals surface area contributed by atoms with Crippen LogP contribution in [0.1, 0.15) is 27.9 Å². The van der Waals surface area contributed by atoms with Crippen LogP contribution in [-0.2, 0) is 11.4 Å². The first-order valence-corrected chi connectivity index (χ1v) is 12.0. The van der Waals surface area contributed by atoms with Gasteiger partial charge in [0.25, 0.3) is 11.1 Å². The number of ether oxygens (including phenoxy) is 1. The third-order valence-electron chi connectivity index (χ3n) is 4.51. The fourth-order valence-corrected chi connectivity index (χ4v) is 4.50. The highest BCUT2D eigenvalue weighted by atomic mass is 35.5. The maximum absolute atomic E-state index is 12.7. The SMILES string of the molecule is Cc1ccc(C(NC(=O)CSc2nnc(COc3ccccc3Cl)o2)c2cccs2)cc1. The Bertz CT molecular complexity index is 1160. The summed E-state index contributed by atoms with van der Waals surface area (Å²) < 4.78 is 11.2. The highest BCUT2D eigenvalue weighted by Crippen LogP contribution is 2.27. The summed E-state index contributed by atoms with van der Waals surface area (Å²) in [6, 6.07) is 19.1. The summed E-state index contributed by atoms with van der Waals surface area (Å²) in [4.78, 5) is 13.7. The number of aromatic nitrogens is 2. The van der Waals surface area contributed by atoms with E-state index < -0.39 is 0 Å². The van der Waals surface area contributed by atoms with Crippen molar-refractivity contribution in [2.45, 2.75) is 24.8 Å². The van der Waals surface area contributed by atoms with Crippen LogP contribution in [0.2, 0.25) is 5.02 Å². The summed E-state index contributed by atoms with van der Waals surface area (Å²) in [5.74, 6) is 0.877. The minimum Gasteiger partial charge on any atom is -0.482 e. The predicted molar refractivity (Wildman–Crippen MR) is 126 cm³/mol. The molecule has 32 heavy (non-hydrogen) atoms. The zero-order chi connectivity index (χ0) is 22.3. The van der Waals surface area contributed by atoms with Gasteiger partial charge in [-0.3, -0.25) is 4.79 Å². The molecule has 2 aromatic heterocycles. The third-order valence-corrected chi connectivity index (χ3v) is 6.57.